The van der Waals surface area contributed by atoms with Crippen LogP contribution < -0.4 is 10.2 Å². The highest BCUT2D eigenvalue weighted by Crippen LogP contribution is 2.28. The summed E-state index contributed by atoms with van der Waals surface area (Å²) in [5.41, 5.74) is 3.71. The van der Waals surface area contributed by atoms with E-state index in [4.69, 9.17) is 0 Å². The molecule has 1 heterocycles. The zero-order valence-corrected chi connectivity index (χ0v) is 15.8. The van der Waals surface area contributed by atoms with Crippen molar-refractivity contribution in [2.24, 2.45) is 5.92 Å². The van der Waals surface area contributed by atoms with E-state index in [1.165, 1.54) is 12.8 Å². The number of carbonyl (C=O) groups excluding carboxylic acids is 1. The maximum atomic E-state index is 12.8. The first-order chi connectivity index (χ1) is 11.5. The lowest BCUT2D eigenvalue weighted by Crippen LogP contribution is -2.34. The molecule has 0 radical (unpaired) electrons. The van der Waals surface area contributed by atoms with E-state index in [0.29, 0.717) is 0 Å². The van der Waals surface area contributed by atoms with Gasteiger partial charge in [0.25, 0.3) is 5.91 Å². The molecule has 3 nitrogen and oxygen atoms in total. The summed E-state index contributed by atoms with van der Waals surface area (Å²) in [5.74, 6) is 0.724. The standard InChI is InChI=1S/C20H23BrN2O/c1-14-9-11-23(12-10-14)19-8-3-15(2)13-18(19)20(24)22-17-6-4-16(21)5-7-17/h3-8,13-14H,9-12H2,1-2H3,(H,22,24). The van der Waals surface area contributed by atoms with Gasteiger partial charge >= 0.3 is 0 Å². The van der Waals surface area contributed by atoms with Crippen molar-refractivity contribution < 1.29 is 4.79 Å². The van der Waals surface area contributed by atoms with E-state index in [1.807, 2.05) is 37.3 Å². The van der Waals surface area contributed by atoms with Crippen molar-refractivity contribution in [3.8, 4) is 0 Å². The van der Waals surface area contributed by atoms with Gasteiger partial charge in [-0.2, -0.15) is 0 Å². The van der Waals surface area contributed by atoms with Crippen LogP contribution in [0.25, 0.3) is 0 Å². The van der Waals surface area contributed by atoms with Crippen LogP contribution in [0.2, 0.25) is 0 Å². The van der Waals surface area contributed by atoms with Crippen molar-refractivity contribution in [3.63, 3.8) is 0 Å². The molecule has 1 aliphatic rings. The van der Waals surface area contributed by atoms with Gasteiger partial charge in [-0.05, 0) is 62.1 Å². The minimum Gasteiger partial charge on any atom is -0.371 e. The molecule has 0 bridgehead atoms. The number of hydrogen-bond donors (Lipinski definition) is 1. The number of benzene rings is 2. The van der Waals surface area contributed by atoms with Crippen molar-refractivity contribution in [1.82, 2.24) is 0 Å². The predicted molar refractivity (Wildman–Crippen MR) is 104 cm³/mol. The summed E-state index contributed by atoms with van der Waals surface area (Å²) in [6, 6.07) is 13.8. The SMILES string of the molecule is Cc1ccc(N2CCC(C)CC2)c(C(=O)Nc2ccc(Br)cc2)c1. The quantitative estimate of drug-likeness (QED) is 0.781. The molecule has 24 heavy (non-hydrogen) atoms. The molecular formula is C20H23BrN2O. The predicted octanol–water partition coefficient (Wildman–Crippen LogP) is 5.25. The number of carbonyl (C=O) groups is 1. The number of hydrogen-bond acceptors (Lipinski definition) is 2. The maximum absolute atomic E-state index is 12.8. The van der Waals surface area contributed by atoms with E-state index in [9.17, 15) is 4.79 Å². The Labute approximate surface area is 152 Å². The summed E-state index contributed by atoms with van der Waals surface area (Å²) >= 11 is 3.42. The van der Waals surface area contributed by atoms with Gasteiger partial charge in [0.2, 0.25) is 0 Å². The van der Waals surface area contributed by atoms with Gasteiger partial charge in [-0.1, -0.05) is 34.5 Å². The molecule has 0 aliphatic carbocycles. The molecule has 0 aromatic heterocycles. The zero-order chi connectivity index (χ0) is 17.1. The first-order valence-electron chi connectivity index (χ1n) is 8.45. The number of anilines is 2. The van der Waals surface area contributed by atoms with Gasteiger partial charge in [0.05, 0.1) is 5.56 Å². The molecule has 1 fully saturated rings. The third kappa shape index (κ3) is 3.99. The highest BCUT2D eigenvalue weighted by atomic mass is 79.9. The topological polar surface area (TPSA) is 32.3 Å². The molecule has 0 spiro atoms. The average Bonchev–Trinajstić information content (AvgIpc) is 2.58. The fourth-order valence-corrected chi connectivity index (χ4v) is 3.35. The Morgan fingerprint density at radius 1 is 1.12 bits per heavy atom. The summed E-state index contributed by atoms with van der Waals surface area (Å²) in [4.78, 5) is 15.2. The second-order valence-corrected chi connectivity index (χ2v) is 7.57. The lowest BCUT2D eigenvalue weighted by Gasteiger charge is -2.33. The zero-order valence-electron chi connectivity index (χ0n) is 14.2. The molecule has 4 heteroatoms. The van der Waals surface area contributed by atoms with Gasteiger partial charge in [0.1, 0.15) is 0 Å². The van der Waals surface area contributed by atoms with Crippen LogP contribution in [0.1, 0.15) is 35.7 Å². The molecule has 126 valence electrons. The van der Waals surface area contributed by atoms with Crippen molar-refractivity contribution in [3.05, 3.63) is 58.1 Å². The lowest BCUT2D eigenvalue weighted by atomic mass is 9.97. The van der Waals surface area contributed by atoms with Crippen LogP contribution in [0.3, 0.4) is 0 Å². The van der Waals surface area contributed by atoms with Gasteiger partial charge in [-0.3, -0.25) is 4.79 Å². The summed E-state index contributed by atoms with van der Waals surface area (Å²) in [6.45, 7) is 6.36. The molecule has 1 aliphatic heterocycles. The molecule has 0 unspecified atom stereocenters. The normalized spacial score (nSPS) is 15.4. The van der Waals surface area contributed by atoms with Crippen molar-refractivity contribution >= 4 is 33.2 Å². The van der Waals surface area contributed by atoms with Gasteiger partial charge in [-0.25, -0.2) is 0 Å². The second kappa shape index (κ2) is 7.39. The highest BCUT2D eigenvalue weighted by molar-refractivity contribution is 9.10. The molecule has 3 rings (SSSR count). The highest BCUT2D eigenvalue weighted by Gasteiger charge is 2.21. The Bertz CT molecular complexity index is 719. The van der Waals surface area contributed by atoms with Crippen LogP contribution in [0.5, 0.6) is 0 Å². The third-order valence-electron chi connectivity index (χ3n) is 4.62. The summed E-state index contributed by atoms with van der Waals surface area (Å²) < 4.78 is 0.999. The van der Waals surface area contributed by atoms with Crippen LogP contribution >= 0.6 is 15.9 Å². The van der Waals surface area contributed by atoms with Crippen molar-refractivity contribution in [1.29, 1.82) is 0 Å². The average molecular weight is 387 g/mol. The van der Waals surface area contributed by atoms with E-state index >= 15 is 0 Å². The molecule has 0 saturated carbocycles. The number of halogens is 1. The fourth-order valence-electron chi connectivity index (χ4n) is 3.09. The van der Waals surface area contributed by atoms with Gasteiger partial charge in [-0.15, -0.1) is 0 Å². The Morgan fingerprint density at radius 3 is 2.46 bits per heavy atom. The van der Waals surface area contributed by atoms with Crippen LogP contribution in [-0.2, 0) is 0 Å². The Balaban J connectivity index is 1.84. The first-order valence-corrected chi connectivity index (χ1v) is 9.25. The summed E-state index contributed by atoms with van der Waals surface area (Å²) in [7, 11) is 0. The fraction of sp³-hybridized carbons (Fsp3) is 0.350. The van der Waals surface area contributed by atoms with Crippen LogP contribution in [0.15, 0.2) is 46.9 Å². The number of rotatable bonds is 3. The molecular weight excluding hydrogens is 364 g/mol. The molecule has 1 N–H and O–H groups in total. The van der Waals surface area contributed by atoms with E-state index in [0.717, 1.165) is 46.0 Å². The number of nitrogens with one attached hydrogen (secondary N) is 1. The van der Waals surface area contributed by atoms with Crippen LogP contribution in [0, 0.1) is 12.8 Å². The summed E-state index contributed by atoms with van der Waals surface area (Å²) in [6.07, 6.45) is 2.36. The first kappa shape index (κ1) is 17.0. The van der Waals surface area contributed by atoms with Crippen LogP contribution in [-0.4, -0.2) is 19.0 Å². The molecule has 0 atom stereocenters. The number of aryl methyl sites for hydroxylation is 1. The monoisotopic (exact) mass is 386 g/mol. The van der Waals surface area contributed by atoms with Gasteiger partial charge in [0, 0.05) is 28.9 Å². The summed E-state index contributed by atoms with van der Waals surface area (Å²) in [5, 5.41) is 3.01. The minimum absolute atomic E-state index is 0.0466. The molecule has 2 aromatic rings. The largest absolute Gasteiger partial charge is 0.371 e. The maximum Gasteiger partial charge on any atom is 0.257 e. The Hall–Kier alpha value is -1.81. The van der Waals surface area contributed by atoms with Crippen LogP contribution in [0.4, 0.5) is 11.4 Å². The van der Waals surface area contributed by atoms with E-state index in [2.05, 4.69) is 45.2 Å². The number of amides is 1. The number of piperidine rings is 1. The van der Waals surface area contributed by atoms with E-state index in [-0.39, 0.29) is 5.91 Å². The Morgan fingerprint density at radius 2 is 1.79 bits per heavy atom. The Kier molecular flexibility index (Phi) is 5.24. The molecule has 2 aromatic carbocycles. The van der Waals surface area contributed by atoms with Gasteiger partial charge in [0.15, 0.2) is 0 Å². The van der Waals surface area contributed by atoms with Crippen molar-refractivity contribution in [2.45, 2.75) is 26.7 Å². The smallest absolute Gasteiger partial charge is 0.257 e. The third-order valence-corrected chi connectivity index (χ3v) is 5.15. The number of nitrogens with zero attached hydrogens (tertiary/aromatic N) is 1. The van der Waals surface area contributed by atoms with E-state index < -0.39 is 0 Å². The molecule has 1 amide bonds. The van der Waals surface area contributed by atoms with Gasteiger partial charge < -0.3 is 10.2 Å². The lowest BCUT2D eigenvalue weighted by molar-refractivity contribution is 0.102. The van der Waals surface area contributed by atoms with E-state index in [1.54, 1.807) is 0 Å². The minimum atomic E-state index is -0.0466. The molecule has 1 saturated heterocycles. The van der Waals surface area contributed by atoms with Crippen molar-refractivity contribution in [2.75, 3.05) is 23.3 Å². The second-order valence-electron chi connectivity index (χ2n) is 6.65.